The quantitative estimate of drug-likeness (QED) is 0.0448. The lowest BCUT2D eigenvalue weighted by Crippen LogP contribution is -2.66. The standard InChI is InChI=1S/C44H78N4O35S2/c45-29-33(56)37(18(5-49)73-41(29)60)81-26-2-14(52)21(9-68-26)76-43-31(47)35(58)40(24(78-43)12-72-85(64,65)66)83-28-4-16(54)22(10-70-28)77-44-32(48)36(59)39(23(79-44)11-71-84(61,62)63)82-27-3-15(53)20(8-69-27)75-42-30(46)34(57)38(19(6-50)74-42)80-25-1-13(51)17(55)7-67-25/h13-44,49-60H,1-12,45-48H2,(H,61,62,63)(H,64,65,66)/t13-,14-,15-,16-,17+,18?,19?,20+,21+,22+,23?,24?,25-,26-,27-,28-,29?,30?,31?,32?,33+,34+,35+,36+,37+,38+,39+,40+,41-,42+,43+,44+/m0/s1. The number of aliphatic hydroxyl groups excluding tert-OH is 12. The van der Waals surface area contributed by atoms with Crippen molar-refractivity contribution >= 4 is 20.8 Å². The zero-order valence-corrected chi connectivity index (χ0v) is 46.6. The minimum atomic E-state index is -5.16. The second-order valence-corrected chi connectivity index (χ2v) is 23.7. The van der Waals surface area contributed by atoms with E-state index in [1.54, 1.807) is 0 Å². The van der Waals surface area contributed by atoms with Gasteiger partial charge in [-0.2, -0.15) is 16.8 Å². The van der Waals surface area contributed by atoms with E-state index in [9.17, 15) is 87.2 Å². The molecule has 0 bridgehead atoms. The van der Waals surface area contributed by atoms with E-state index in [0.29, 0.717) is 0 Å². The van der Waals surface area contributed by atoms with Crippen LogP contribution in [0.15, 0.2) is 0 Å². The highest BCUT2D eigenvalue weighted by Gasteiger charge is 2.54. The number of hydrogen-bond acceptors (Lipinski definition) is 37. The van der Waals surface area contributed by atoms with Crippen molar-refractivity contribution in [2.75, 3.05) is 52.9 Å². The van der Waals surface area contributed by atoms with Gasteiger partial charge in [-0.05, 0) is 0 Å². The molecule has 85 heavy (non-hydrogen) atoms. The summed E-state index contributed by atoms with van der Waals surface area (Å²) in [4.78, 5) is 0. The number of hydrogen-bond donors (Lipinski definition) is 18. The highest BCUT2D eigenvalue weighted by atomic mass is 32.3. The van der Waals surface area contributed by atoms with Gasteiger partial charge in [-0.15, -0.1) is 0 Å². The van der Waals surface area contributed by atoms with Gasteiger partial charge in [0.15, 0.2) is 50.3 Å². The van der Waals surface area contributed by atoms with Gasteiger partial charge in [-0.25, -0.2) is 8.37 Å². The maximum absolute atomic E-state index is 11.7. The largest absolute Gasteiger partial charge is 0.397 e. The van der Waals surface area contributed by atoms with Crippen LogP contribution in [0.2, 0.25) is 0 Å². The smallest absolute Gasteiger partial charge is 0.394 e. The first-order valence-electron chi connectivity index (χ1n) is 27.0. The van der Waals surface area contributed by atoms with E-state index in [0.717, 1.165) is 0 Å². The van der Waals surface area contributed by atoms with Crippen LogP contribution in [0, 0.1) is 0 Å². The zero-order valence-electron chi connectivity index (χ0n) is 44.9. The maximum atomic E-state index is 11.7. The van der Waals surface area contributed by atoms with Crippen LogP contribution in [0.5, 0.6) is 0 Å². The summed E-state index contributed by atoms with van der Waals surface area (Å²) in [6.45, 7) is -5.18. The van der Waals surface area contributed by atoms with Gasteiger partial charge in [-0.1, -0.05) is 0 Å². The molecule has 8 unspecified atom stereocenters. The SMILES string of the molecule is NC1[C@@H](O[C@@H]2CO[C@@H](O[C@@H]3C(COS(=O)(=O)O)O[C@@H](O[C@@H]4CO[C@@H](O[C@@H]5C(COS(=O)(=O)O)O[C@@H](O[C@@H]6CO[C@@H](O[C@@H]7C(CO)O[C@H](O)C(N)[C@H]7O)C[C@@H]6O)C(N)[C@H]5O)C[C@@H]4O)C(N)[C@H]3O)C[C@@H]2O)OC(CO)[C@@H](O[C@H]2C[C@H](O)[C@H](O)CO2)[C@@H]1O. The minimum absolute atomic E-state index is 0.165. The van der Waals surface area contributed by atoms with E-state index in [1.807, 2.05) is 0 Å². The van der Waals surface area contributed by atoms with Gasteiger partial charge in [0, 0.05) is 25.7 Å². The van der Waals surface area contributed by atoms with Gasteiger partial charge in [0.05, 0.1) is 101 Å². The molecule has 0 radical (unpaired) electrons. The summed E-state index contributed by atoms with van der Waals surface area (Å²) in [7, 11) is -10.3. The Hall–Kier alpha value is -1.50. The molecule has 8 saturated heterocycles. The van der Waals surface area contributed by atoms with Crippen molar-refractivity contribution in [2.45, 2.75) is 222 Å². The van der Waals surface area contributed by atoms with Crippen LogP contribution < -0.4 is 22.9 Å². The van der Waals surface area contributed by atoms with Crippen molar-refractivity contribution in [3.63, 3.8) is 0 Å². The van der Waals surface area contributed by atoms with Crippen LogP contribution in [0.25, 0.3) is 0 Å². The molecule has 32 atom stereocenters. The molecule has 8 rings (SSSR count). The molecule has 39 nitrogen and oxygen atoms in total. The average molecular weight is 1290 g/mol. The Bertz CT molecular complexity index is 2310. The third-order valence-electron chi connectivity index (χ3n) is 15.4. The fraction of sp³-hybridized carbons (Fsp3) is 1.00. The normalized spacial score (nSPS) is 48.9. The topological polar surface area (TPSA) is 612 Å². The van der Waals surface area contributed by atoms with Crippen LogP contribution in [0.3, 0.4) is 0 Å². The molecule has 0 aliphatic carbocycles. The lowest BCUT2D eigenvalue weighted by Gasteiger charge is -2.47. The first-order chi connectivity index (χ1) is 40.0. The fourth-order valence-electron chi connectivity index (χ4n) is 10.6. The highest BCUT2D eigenvalue weighted by Crippen LogP contribution is 2.35. The lowest BCUT2D eigenvalue weighted by molar-refractivity contribution is -0.350. The zero-order chi connectivity index (χ0) is 62.0. The van der Waals surface area contributed by atoms with Crippen LogP contribution >= 0.6 is 0 Å². The van der Waals surface area contributed by atoms with Gasteiger partial charge in [0.25, 0.3) is 0 Å². The molecule has 8 aliphatic rings. The molecule has 41 heteroatoms. The molecule has 8 aliphatic heterocycles. The molecule has 22 N–H and O–H groups in total. The summed E-state index contributed by atoms with van der Waals surface area (Å²) in [5, 5.41) is 128. The highest BCUT2D eigenvalue weighted by molar-refractivity contribution is 7.81. The van der Waals surface area contributed by atoms with Gasteiger partial charge in [0.2, 0.25) is 0 Å². The predicted octanol–water partition coefficient (Wildman–Crippen LogP) is -12.3. The molecular weight excluding hydrogens is 1210 g/mol. The van der Waals surface area contributed by atoms with Crippen LogP contribution in [-0.4, -0.2) is 337 Å². The van der Waals surface area contributed by atoms with E-state index >= 15 is 0 Å². The van der Waals surface area contributed by atoms with E-state index in [4.69, 9.17) is 94.0 Å². The molecule has 0 spiro atoms. The number of ether oxygens (including phenoxy) is 15. The first kappa shape index (κ1) is 69.4. The van der Waals surface area contributed by atoms with Gasteiger partial charge in [-0.3, -0.25) is 9.11 Å². The molecule has 0 aromatic heterocycles. The minimum Gasteiger partial charge on any atom is -0.394 e. The molecular formula is C44H78N4O35S2. The number of aliphatic hydroxyl groups is 12. The summed E-state index contributed by atoms with van der Waals surface area (Å²) in [6, 6.07) is -5.78. The van der Waals surface area contributed by atoms with Crippen molar-refractivity contribution in [3.05, 3.63) is 0 Å². The summed E-state index contributed by atoms with van der Waals surface area (Å²) in [5.74, 6) is 0. The van der Waals surface area contributed by atoms with Gasteiger partial charge in [0.1, 0.15) is 97.7 Å². The third-order valence-corrected chi connectivity index (χ3v) is 16.3. The average Bonchev–Trinajstić information content (AvgIpc) is 3.05. The second kappa shape index (κ2) is 29.8. The number of rotatable bonds is 22. The summed E-state index contributed by atoms with van der Waals surface area (Å²) in [5.41, 5.74) is 24.7. The second-order valence-electron chi connectivity index (χ2n) is 21.5. The van der Waals surface area contributed by atoms with Crippen LogP contribution in [0.1, 0.15) is 25.7 Å². The van der Waals surface area contributed by atoms with Crippen LogP contribution in [-0.2, 0) is 100 Å². The summed E-state index contributed by atoms with van der Waals surface area (Å²) < 4.78 is 161. The predicted molar refractivity (Wildman–Crippen MR) is 264 cm³/mol. The summed E-state index contributed by atoms with van der Waals surface area (Å²) >= 11 is 0. The molecule has 0 aromatic rings. The molecule has 0 aromatic carbocycles. The first-order valence-corrected chi connectivity index (χ1v) is 29.7. The van der Waals surface area contributed by atoms with E-state index in [-0.39, 0.29) is 19.4 Å². The van der Waals surface area contributed by atoms with Crippen molar-refractivity contribution in [1.82, 2.24) is 0 Å². The maximum Gasteiger partial charge on any atom is 0.397 e. The van der Waals surface area contributed by atoms with Gasteiger partial charge < -0.3 is 155 Å². The van der Waals surface area contributed by atoms with Crippen LogP contribution in [0.4, 0.5) is 0 Å². The summed E-state index contributed by atoms with van der Waals surface area (Å²) in [6.07, 6.45) is -42.1. The van der Waals surface area contributed by atoms with E-state index in [1.165, 1.54) is 0 Å². The monoisotopic (exact) mass is 1290 g/mol. The van der Waals surface area contributed by atoms with Crippen molar-refractivity contribution in [2.24, 2.45) is 22.9 Å². The Balaban J connectivity index is 0.831. The Morgan fingerprint density at radius 3 is 0.988 bits per heavy atom. The molecule has 496 valence electrons. The Labute approximate surface area is 484 Å². The Morgan fingerprint density at radius 2 is 0.671 bits per heavy atom. The van der Waals surface area contributed by atoms with Crippen molar-refractivity contribution in [1.29, 1.82) is 0 Å². The van der Waals surface area contributed by atoms with Crippen molar-refractivity contribution in [3.8, 4) is 0 Å². The fourth-order valence-corrected chi connectivity index (χ4v) is 11.2. The Morgan fingerprint density at radius 1 is 0.376 bits per heavy atom. The van der Waals surface area contributed by atoms with E-state index in [2.05, 4.69) is 8.37 Å². The molecule has 8 heterocycles. The Kier molecular flexibility index (Phi) is 24.4. The number of nitrogens with two attached hydrogens (primary N) is 4. The van der Waals surface area contributed by atoms with E-state index < -0.39 is 276 Å². The molecule has 0 amide bonds. The third kappa shape index (κ3) is 17.6. The lowest BCUT2D eigenvalue weighted by atomic mass is 9.96. The molecule has 8 fully saturated rings. The van der Waals surface area contributed by atoms with Gasteiger partial charge >= 0.3 is 20.8 Å². The van der Waals surface area contributed by atoms with Crippen molar-refractivity contribution < 1.29 is 167 Å². The molecule has 0 saturated carbocycles.